The van der Waals surface area contributed by atoms with Crippen molar-refractivity contribution in [2.45, 2.75) is 26.8 Å². The van der Waals surface area contributed by atoms with E-state index in [1.165, 1.54) is 0 Å². The van der Waals surface area contributed by atoms with E-state index in [1.807, 2.05) is 12.3 Å². The van der Waals surface area contributed by atoms with Crippen LogP contribution in [0.4, 0.5) is 0 Å². The molecule has 0 unspecified atom stereocenters. The summed E-state index contributed by atoms with van der Waals surface area (Å²) in [7, 11) is 0. The molecule has 1 aromatic heterocycles. The topological polar surface area (TPSA) is 63.3 Å². The summed E-state index contributed by atoms with van der Waals surface area (Å²) in [5.74, 6) is 0.439. The Morgan fingerprint density at radius 2 is 2.44 bits per heavy atom. The second-order valence-electron chi connectivity index (χ2n) is 3.60. The van der Waals surface area contributed by atoms with E-state index in [1.54, 1.807) is 11.3 Å². The quantitative estimate of drug-likeness (QED) is 0.466. The maximum absolute atomic E-state index is 5.68. The summed E-state index contributed by atoms with van der Waals surface area (Å²) in [5.41, 5.74) is 7.68. The molecule has 0 aromatic carbocycles. The van der Waals surface area contributed by atoms with Crippen molar-refractivity contribution in [3.63, 3.8) is 0 Å². The van der Waals surface area contributed by atoms with Crippen LogP contribution in [-0.2, 0) is 13.0 Å². The van der Waals surface area contributed by atoms with Gasteiger partial charge in [0.25, 0.3) is 0 Å². The van der Waals surface area contributed by atoms with Crippen molar-refractivity contribution in [3.8, 4) is 0 Å². The van der Waals surface area contributed by atoms with Gasteiger partial charge in [0, 0.05) is 11.9 Å². The third kappa shape index (κ3) is 4.44. The molecule has 5 heteroatoms. The van der Waals surface area contributed by atoms with Crippen molar-refractivity contribution in [3.05, 3.63) is 28.2 Å². The fraction of sp³-hybridized carbons (Fsp3) is 0.455. The van der Waals surface area contributed by atoms with Gasteiger partial charge in [-0.3, -0.25) is 0 Å². The molecule has 88 valence electrons. The molecule has 0 aliphatic carbocycles. The van der Waals surface area contributed by atoms with Gasteiger partial charge in [0.05, 0.1) is 17.2 Å². The number of thiazole rings is 1. The van der Waals surface area contributed by atoms with Crippen molar-refractivity contribution in [1.29, 1.82) is 0 Å². The lowest BCUT2D eigenvalue weighted by molar-refractivity contribution is 0.919. The standard InChI is InChI=1S/C11H18N4S/c1-4-10-15-9(7-16-10)6-14-11(12)13-5-8(2)3/h7H,2,4-6H2,1,3H3,(H3,12,13,14). The Bertz CT molecular complexity index is 381. The molecular formula is C11H18N4S. The average Bonchev–Trinajstić information content (AvgIpc) is 2.71. The van der Waals surface area contributed by atoms with Gasteiger partial charge in [-0.05, 0) is 13.3 Å². The van der Waals surface area contributed by atoms with Gasteiger partial charge in [-0.25, -0.2) is 9.98 Å². The Kier molecular flexibility index (Phi) is 4.98. The van der Waals surface area contributed by atoms with Crippen LogP contribution in [0.2, 0.25) is 0 Å². The van der Waals surface area contributed by atoms with E-state index in [0.717, 1.165) is 22.7 Å². The van der Waals surface area contributed by atoms with Gasteiger partial charge in [-0.1, -0.05) is 19.1 Å². The summed E-state index contributed by atoms with van der Waals surface area (Å²) >= 11 is 1.66. The van der Waals surface area contributed by atoms with Crippen molar-refractivity contribution in [2.75, 3.05) is 6.54 Å². The maximum Gasteiger partial charge on any atom is 0.189 e. The van der Waals surface area contributed by atoms with E-state index >= 15 is 0 Å². The largest absolute Gasteiger partial charge is 0.370 e. The van der Waals surface area contributed by atoms with Crippen LogP contribution in [0.3, 0.4) is 0 Å². The van der Waals surface area contributed by atoms with Crippen LogP contribution >= 0.6 is 11.3 Å². The molecule has 0 fully saturated rings. The number of rotatable bonds is 5. The highest BCUT2D eigenvalue weighted by molar-refractivity contribution is 7.09. The average molecular weight is 238 g/mol. The van der Waals surface area contributed by atoms with E-state index in [9.17, 15) is 0 Å². The number of guanidine groups is 1. The van der Waals surface area contributed by atoms with Crippen molar-refractivity contribution in [2.24, 2.45) is 10.7 Å². The first-order valence-corrected chi connectivity index (χ1v) is 6.11. The molecule has 3 N–H and O–H groups in total. The molecule has 4 nitrogen and oxygen atoms in total. The summed E-state index contributed by atoms with van der Waals surface area (Å²) in [4.78, 5) is 8.61. The molecular weight excluding hydrogens is 220 g/mol. The van der Waals surface area contributed by atoms with Gasteiger partial charge in [-0.2, -0.15) is 0 Å². The molecule has 0 saturated heterocycles. The number of aryl methyl sites for hydroxylation is 1. The zero-order valence-electron chi connectivity index (χ0n) is 9.79. The first-order chi connectivity index (χ1) is 7.61. The zero-order valence-corrected chi connectivity index (χ0v) is 10.6. The summed E-state index contributed by atoms with van der Waals surface area (Å²) in [6.45, 7) is 9.00. The second kappa shape index (κ2) is 6.27. The van der Waals surface area contributed by atoms with Crippen LogP contribution in [0.5, 0.6) is 0 Å². The van der Waals surface area contributed by atoms with Gasteiger partial charge in [0.1, 0.15) is 0 Å². The Morgan fingerprint density at radius 3 is 3.00 bits per heavy atom. The summed E-state index contributed by atoms with van der Waals surface area (Å²) in [6, 6.07) is 0. The first kappa shape index (κ1) is 12.7. The smallest absolute Gasteiger partial charge is 0.189 e. The van der Waals surface area contributed by atoms with Crippen molar-refractivity contribution < 1.29 is 0 Å². The monoisotopic (exact) mass is 238 g/mol. The zero-order chi connectivity index (χ0) is 12.0. The lowest BCUT2D eigenvalue weighted by Gasteiger charge is -2.03. The van der Waals surface area contributed by atoms with E-state index in [4.69, 9.17) is 5.73 Å². The van der Waals surface area contributed by atoms with E-state index in [-0.39, 0.29) is 0 Å². The highest BCUT2D eigenvalue weighted by atomic mass is 32.1. The van der Waals surface area contributed by atoms with Gasteiger partial charge in [0.2, 0.25) is 0 Å². The number of aliphatic imine (C=N–C) groups is 1. The Balaban J connectivity index is 2.42. The molecule has 0 atom stereocenters. The molecule has 0 bridgehead atoms. The van der Waals surface area contributed by atoms with Gasteiger partial charge >= 0.3 is 0 Å². The third-order valence-electron chi connectivity index (χ3n) is 1.88. The van der Waals surface area contributed by atoms with E-state index < -0.39 is 0 Å². The number of hydrogen-bond acceptors (Lipinski definition) is 3. The lowest BCUT2D eigenvalue weighted by Crippen LogP contribution is -2.32. The Morgan fingerprint density at radius 1 is 1.69 bits per heavy atom. The molecule has 0 spiro atoms. The first-order valence-electron chi connectivity index (χ1n) is 5.23. The predicted molar refractivity (Wildman–Crippen MR) is 69.6 cm³/mol. The van der Waals surface area contributed by atoms with Gasteiger partial charge in [-0.15, -0.1) is 11.3 Å². The van der Waals surface area contributed by atoms with E-state index in [2.05, 4.69) is 28.8 Å². The number of aromatic nitrogens is 1. The molecule has 0 saturated carbocycles. The van der Waals surface area contributed by atoms with Crippen LogP contribution in [0.1, 0.15) is 24.5 Å². The molecule has 0 radical (unpaired) electrons. The molecule has 1 heterocycles. The number of nitrogens with zero attached hydrogens (tertiary/aromatic N) is 2. The fourth-order valence-electron chi connectivity index (χ4n) is 1.05. The Labute approximate surface area is 100 Å². The molecule has 1 aromatic rings. The maximum atomic E-state index is 5.68. The van der Waals surface area contributed by atoms with Crippen LogP contribution < -0.4 is 11.1 Å². The van der Waals surface area contributed by atoms with Gasteiger partial charge in [0.15, 0.2) is 5.96 Å². The minimum absolute atomic E-state index is 0.439. The number of nitrogens with two attached hydrogens (primary N) is 1. The SMILES string of the molecule is C=C(C)CNC(N)=NCc1csc(CC)n1. The predicted octanol–water partition coefficient (Wildman–Crippen LogP) is 1.69. The number of hydrogen-bond donors (Lipinski definition) is 2. The molecule has 0 aliphatic heterocycles. The van der Waals surface area contributed by atoms with Gasteiger partial charge < -0.3 is 11.1 Å². The molecule has 0 aliphatic rings. The normalized spacial score (nSPS) is 11.5. The lowest BCUT2D eigenvalue weighted by atomic mass is 10.3. The number of nitrogens with one attached hydrogen (secondary N) is 1. The van der Waals surface area contributed by atoms with E-state index in [0.29, 0.717) is 19.0 Å². The minimum Gasteiger partial charge on any atom is -0.370 e. The molecule has 0 amide bonds. The molecule has 1 rings (SSSR count). The van der Waals surface area contributed by atoms with Crippen molar-refractivity contribution in [1.82, 2.24) is 10.3 Å². The van der Waals surface area contributed by atoms with Crippen molar-refractivity contribution >= 4 is 17.3 Å². The Hall–Kier alpha value is -1.36. The highest BCUT2D eigenvalue weighted by Gasteiger charge is 1.99. The molecule has 16 heavy (non-hydrogen) atoms. The highest BCUT2D eigenvalue weighted by Crippen LogP contribution is 2.10. The summed E-state index contributed by atoms with van der Waals surface area (Å²) in [5, 5.41) is 6.14. The minimum atomic E-state index is 0.439. The van der Waals surface area contributed by atoms with Crippen LogP contribution in [-0.4, -0.2) is 17.5 Å². The van der Waals surface area contributed by atoms with Crippen LogP contribution in [0, 0.1) is 0 Å². The summed E-state index contributed by atoms with van der Waals surface area (Å²) in [6.07, 6.45) is 0.970. The summed E-state index contributed by atoms with van der Waals surface area (Å²) < 4.78 is 0. The van der Waals surface area contributed by atoms with Crippen LogP contribution in [0.15, 0.2) is 22.5 Å². The third-order valence-corrected chi connectivity index (χ3v) is 2.93. The second-order valence-corrected chi connectivity index (χ2v) is 4.54. The fourth-order valence-corrected chi connectivity index (χ4v) is 1.78. The van der Waals surface area contributed by atoms with Crippen LogP contribution in [0.25, 0.3) is 0 Å².